The van der Waals surface area contributed by atoms with E-state index < -0.39 is 0 Å². The minimum Gasteiger partial charge on any atom is -0.310 e. The first-order chi connectivity index (χ1) is 28.9. The molecule has 2 saturated carbocycles. The molecule has 3 aliphatic carbocycles. The molecule has 0 atom stereocenters. The fourth-order valence-electron chi connectivity index (χ4n) is 10.9. The summed E-state index contributed by atoms with van der Waals surface area (Å²) in [6.07, 6.45) is 13.5. The number of aryl methyl sites for hydroxylation is 1. The third-order valence-corrected chi connectivity index (χ3v) is 14.2. The first-order valence-corrected chi connectivity index (χ1v) is 22.5. The van der Waals surface area contributed by atoms with E-state index in [4.69, 9.17) is 0 Å². The Labute approximate surface area is 352 Å². The van der Waals surface area contributed by atoms with E-state index in [0.717, 1.165) is 11.6 Å². The average molecular weight is 768 g/mol. The quantitative estimate of drug-likeness (QED) is 0.149. The molecule has 0 saturated heterocycles. The van der Waals surface area contributed by atoms with Crippen LogP contribution in [0.25, 0.3) is 44.5 Å². The number of nitrogens with zero attached hydrogens (tertiary/aromatic N) is 1. The zero-order chi connectivity index (χ0) is 39.9. The molecule has 0 amide bonds. The summed E-state index contributed by atoms with van der Waals surface area (Å²) in [6, 6.07) is 60.3. The van der Waals surface area contributed by atoms with E-state index in [9.17, 15) is 0 Å². The summed E-state index contributed by atoms with van der Waals surface area (Å²) in [7, 11) is 0. The highest BCUT2D eigenvalue weighted by atomic mass is 15.1. The van der Waals surface area contributed by atoms with Crippen LogP contribution in [0.15, 0.2) is 158 Å². The van der Waals surface area contributed by atoms with Gasteiger partial charge in [0.15, 0.2) is 0 Å². The second-order valence-corrected chi connectivity index (χ2v) is 18.3. The van der Waals surface area contributed by atoms with Crippen molar-refractivity contribution in [2.75, 3.05) is 4.90 Å². The number of rotatable bonds is 8. The fourth-order valence-corrected chi connectivity index (χ4v) is 10.9. The summed E-state index contributed by atoms with van der Waals surface area (Å²) in [5.41, 5.74) is 20.9. The normalized spacial score (nSPS) is 16.4. The molecule has 10 rings (SSSR count). The molecule has 7 aromatic carbocycles. The molecule has 3 aliphatic rings. The Morgan fingerprint density at radius 2 is 0.932 bits per heavy atom. The standard InChI is InChI=1S/C58H57N/c1-40-36-51(32-34-53(40)49-21-13-20-48(38-49)44-26-24-43(25-27-44)41-14-6-4-7-15-41)59(52-33-35-55-54-22-10-11-23-56(54)58(2,3)57(55)39-52)50-30-28-45(29-31-50)47-19-12-18-46(37-47)42-16-8-5-9-17-42/h10-13,18-39,41-42H,4-9,14-17H2,1-3H3. The van der Waals surface area contributed by atoms with Crippen molar-refractivity contribution in [2.45, 2.75) is 102 Å². The fraction of sp³-hybridized carbons (Fsp3) is 0.276. The Bertz CT molecular complexity index is 2600. The van der Waals surface area contributed by atoms with Crippen LogP contribution in [-0.2, 0) is 5.41 Å². The van der Waals surface area contributed by atoms with Crippen LogP contribution in [0.5, 0.6) is 0 Å². The van der Waals surface area contributed by atoms with Gasteiger partial charge in [0.05, 0.1) is 0 Å². The van der Waals surface area contributed by atoms with E-state index in [1.54, 1.807) is 0 Å². The smallest absolute Gasteiger partial charge is 0.0465 e. The van der Waals surface area contributed by atoms with E-state index in [2.05, 4.69) is 183 Å². The second-order valence-electron chi connectivity index (χ2n) is 18.3. The number of benzene rings is 7. The minimum atomic E-state index is -0.0815. The SMILES string of the molecule is Cc1cc(N(c2ccc(-c3cccc(C4CCCCC4)c3)cc2)c2ccc3c(c2)C(C)(C)c2ccccc2-3)ccc1-c1cccc(-c2ccc(C3CCCCC3)cc2)c1. The third kappa shape index (κ3) is 7.24. The van der Waals surface area contributed by atoms with Crippen LogP contribution in [0, 0.1) is 6.92 Å². The Kier molecular flexibility index (Phi) is 10.1. The van der Waals surface area contributed by atoms with Crippen molar-refractivity contribution in [3.05, 3.63) is 186 Å². The molecule has 0 spiro atoms. The molecule has 0 aliphatic heterocycles. The Balaban J connectivity index is 0.999. The largest absolute Gasteiger partial charge is 0.310 e. The lowest BCUT2D eigenvalue weighted by Crippen LogP contribution is -2.16. The molecule has 0 N–H and O–H groups in total. The molecule has 294 valence electrons. The van der Waals surface area contributed by atoms with Gasteiger partial charge in [0, 0.05) is 22.5 Å². The Morgan fingerprint density at radius 1 is 0.390 bits per heavy atom. The topological polar surface area (TPSA) is 3.24 Å². The van der Waals surface area contributed by atoms with Gasteiger partial charge in [0.2, 0.25) is 0 Å². The zero-order valence-corrected chi connectivity index (χ0v) is 35.2. The van der Waals surface area contributed by atoms with E-state index >= 15 is 0 Å². The summed E-state index contributed by atoms with van der Waals surface area (Å²) in [5, 5.41) is 0. The second kappa shape index (κ2) is 15.8. The van der Waals surface area contributed by atoms with Crippen LogP contribution >= 0.6 is 0 Å². The number of hydrogen-bond acceptors (Lipinski definition) is 1. The van der Waals surface area contributed by atoms with Crippen LogP contribution in [-0.4, -0.2) is 0 Å². The predicted molar refractivity (Wildman–Crippen MR) is 251 cm³/mol. The molecule has 0 unspecified atom stereocenters. The van der Waals surface area contributed by atoms with Crippen molar-refractivity contribution in [3.63, 3.8) is 0 Å². The van der Waals surface area contributed by atoms with Gasteiger partial charge < -0.3 is 4.90 Å². The van der Waals surface area contributed by atoms with Crippen molar-refractivity contribution in [2.24, 2.45) is 0 Å². The highest BCUT2D eigenvalue weighted by Crippen LogP contribution is 2.51. The van der Waals surface area contributed by atoms with Crippen molar-refractivity contribution in [1.29, 1.82) is 0 Å². The van der Waals surface area contributed by atoms with Gasteiger partial charge in [-0.25, -0.2) is 0 Å². The molecule has 2 fully saturated rings. The van der Waals surface area contributed by atoms with E-state index in [1.807, 2.05) is 0 Å². The molecule has 0 bridgehead atoms. The van der Waals surface area contributed by atoms with Gasteiger partial charge in [-0.15, -0.1) is 0 Å². The molecular weight excluding hydrogens is 711 g/mol. The first-order valence-electron chi connectivity index (χ1n) is 22.5. The molecule has 7 aromatic rings. The van der Waals surface area contributed by atoms with Crippen LogP contribution in [0.1, 0.15) is 118 Å². The molecule has 0 radical (unpaired) electrons. The van der Waals surface area contributed by atoms with Crippen molar-refractivity contribution < 1.29 is 0 Å². The summed E-state index contributed by atoms with van der Waals surface area (Å²) in [6.45, 7) is 7.02. The molecule has 1 nitrogen and oxygen atoms in total. The lowest BCUT2D eigenvalue weighted by atomic mass is 9.82. The van der Waals surface area contributed by atoms with Gasteiger partial charge in [0.1, 0.15) is 0 Å². The molecular formula is C58H57N. The summed E-state index contributed by atoms with van der Waals surface area (Å²) < 4.78 is 0. The molecule has 0 aromatic heterocycles. The Morgan fingerprint density at radius 3 is 1.63 bits per heavy atom. The lowest BCUT2D eigenvalue weighted by molar-refractivity contribution is 0.443. The average Bonchev–Trinajstić information content (AvgIpc) is 3.52. The summed E-state index contributed by atoms with van der Waals surface area (Å²) >= 11 is 0. The van der Waals surface area contributed by atoms with E-state index in [-0.39, 0.29) is 5.41 Å². The Hall–Kier alpha value is -5.66. The highest BCUT2D eigenvalue weighted by molar-refractivity contribution is 5.87. The molecule has 59 heavy (non-hydrogen) atoms. The summed E-state index contributed by atoms with van der Waals surface area (Å²) in [4.78, 5) is 2.46. The number of fused-ring (bicyclic) bond motifs is 3. The van der Waals surface area contributed by atoms with Crippen molar-refractivity contribution in [1.82, 2.24) is 0 Å². The van der Waals surface area contributed by atoms with Gasteiger partial charge in [0.25, 0.3) is 0 Å². The maximum atomic E-state index is 2.46. The minimum absolute atomic E-state index is 0.0815. The zero-order valence-electron chi connectivity index (χ0n) is 35.2. The molecule has 0 heterocycles. The monoisotopic (exact) mass is 767 g/mol. The van der Waals surface area contributed by atoms with Gasteiger partial charge in [-0.1, -0.05) is 168 Å². The van der Waals surface area contributed by atoms with Crippen molar-refractivity contribution in [3.8, 4) is 44.5 Å². The van der Waals surface area contributed by atoms with Crippen LogP contribution in [0.2, 0.25) is 0 Å². The number of anilines is 3. The van der Waals surface area contributed by atoms with E-state index in [1.165, 1.54) is 148 Å². The maximum Gasteiger partial charge on any atom is 0.0465 e. The van der Waals surface area contributed by atoms with Crippen molar-refractivity contribution >= 4 is 17.1 Å². The van der Waals surface area contributed by atoms with Gasteiger partial charge in [-0.3, -0.25) is 0 Å². The van der Waals surface area contributed by atoms with Gasteiger partial charge in [-0.2, -0.15) is 0 Å². The maximum absolute atomic E-state index is 2.46. The van der Waals surface area contributed by atoms with Gasteiger partial charge >= 0.3 is 0 Å². The van der Waals surface area contributed by atoms with Crippen LogP contribution in [0.3, 0.4) is 0 Å². The third-order valence-electron chi connectivity index (χ3n) is 14.2. The predicted octanol–water partition coefficient (Wildman–Crippen LogP) is 16.9. The van der Waals surface area contributed by atoms with E-state index in [0.29, 0.717) is 5.92 Å². The van der Waals surface area contributed by atoms with Crippen LogP contribution < -0.4 is 4.90 Å². The number of hydrogen-bond donors (Lipinski definition) is 0. The van der Waals surface area contributed by atoms with Gasteiger partial charge in [-0.05, 0) is 159 Å². The summed E-state index contributed by atoms with van der Waals surface area (Å²) in [5.74, 6) is 1.42. The van der Waals surface area contributed by atoms with Crippen LogP contribution in [0.4, 0.5) is 17.1 Å². The highest BCUT2D eigenvalue weighted by Gasteiger charge is 2.35. The lowest BCUT2D eigenvalue weighted by Gasteiger charge is -2.29. The first kappa shape index (κ1) is 37.6. The molecule has 1 heteroatoms.